The van der Waals surface area contributed by atoms with Gasteiger partial charge in [0.1, 0.15) is 0 Å². The van der Waals surface area contributed by atoms with Crippen molar-refractivity contribution in [2.75, 3.05) is 13.1 Å². The second kappa shape index (κ2) is 8.66. The lowest BCUT2D eigenvalue weighted by molar-refractivity contribution is -0.0305. The van der Waals surface area contributed by atoms with E-state index in [0.29, 0.717) is 6.10 Å². The standard InChI is InChI=1S/C17H26ClNO/c1-2-12-19-13-17(14-8-10-15(18)11-9-14)20-16-6-4-3-5-7-16/h8-11,16-17,19H,2-7,12-13H2,1H3. The van der Waals surface area contributed by atoms with Crippen LogP contribution in [0.4, 0.5) is 0 Å². The summed E-state index contributed by atoms with van der Waals surface area (Å²) in [6.45, 7) is 4.11. The van der Waals surface area contributed by atoms with Crippen LogP contribution < -0.4 is 5.32 Å². The summed E-state index contributed by atoms with van der Waals surface area (Å²) in [5.41, 5.74) is 1.23. The number of hydrogen-bond donors (Lipinski definition) is 1. The molecule has 0 bridgehead atoms. The zero-order valence-corrected chi connectivity index (χ0v) is 13.2. The van der Waals surface area contributed by atoms with Gasteiger partial charge in [0, 0.05) is 11.6 Å². The molecule has 0 spiro atoms. The van der Waals surface area contributed by atoms with E-state index in [0.717, 1.165) is 24.5 Å². The van der Waals surface area contributed by atoms with E-state index < -0.39 is 0 Å². The van der Waals surface area contributed by atoms with E-state index in [2.05, 4.69) is 24.4 Å². The zero-order chi connectivity index (χ0) is 14.2. The normalized spacial score (nSPS) is 18.1. The van der Waals surface area contributed by atoms with Crippen molar-refractivity contribution in [1.29, 1.82) is 0 Å². The summed E-state index contributed by atoms with van der Waals surface area (Å²) in [5, 5.41) is 4.26. The summed E-state index contributed by atoms with van der Waals surface area (Å²) >= 11 is 5.98. The Morgan fingerprint density at radius 2 is 1.90 bits per heavy atom. The number of rotatable bonds is 7. The molecule has 1 unspecified atom stereocenters. The van der Waals surface area contributed by atoms with Gasteiger partial charge in [-0.15, -0.1) is 0 Å². The summed E-state index contributed by atoms with van der Waals surface area (Å²) in [6, 6.07) is 8.08. The maximum absolute atomic E-state index is 6.36. The van der Waals surface area contributed by atoms with Gasteiger partial charge >= 0.3 is 0 Å². The lowest BCUT2D eigenvalue weighted by Gasteiger charge is -2.28. The second-order valence-electron chi connectivity index (χ2n) is 5.64. The third kappa shape index (κ3) is 5.08. The van der Waals surface area contributed by atoms with E-state index in [-0.39, 0.29) is 6.10 Å². The van der Waals surface area contributed by atoms with Gasteiger partial charge < -0.3 is 10.1 Å². The Labute approximate surface area is 127 Å². The molecule has 1 aliphatic rings. The first-order valence-electron chi connectivity index (χ1n) is 7.91. The highest BCUT2D eigenvalue weighted by Gasteiger charge is 2.20. The largest absolute Gasteiger partial charge is 0.369 e. The highest BCUT2D eigenvalue weighted by molar-refractivity contribution is 6.30. The van der Waals surface area contributed by atoms with Crippen LogP contribution in [0.1, 0.15) is 57.1 Å². The Balaban J connectivity index is 1.97. The van der Waals surface area contributed by atoms with Gasteiger partial charge in [0.15, 0.2) is 0 Å². The second-order valence-corrected chi connectivity index (χ2v) is 6.08. The number of nitrogens with one attached hydrogen (secondary N) is 1. The van der Waals surface area contributed by atoms with E-state index in [9.17, 15) is 0 Å². The molecule has 0 amide bonds. The highest BCUT2D eigenvalue weighted by atomic mass is 35.5. The quantitative estimate of drug-likeness (QED) is 0.734. The maximum Gasteiger partial charge on any atom is 0.0952 e. The Morgan fingerprint density at radius 3 is 2.55 bits per heavy atom. The molecule has 112 valence electrons. The predicted octanol–water partition coefficient (Wildman–Crippen LogP) is 4.73. The van der Waals surface area contributed by atoms with Gasteiger partial charge in [0.25, 0.3) is 0 Å². The Morgan fingerprint density at radius 1 is 1.20 bits per heavy atom. The molecule has 0 saturated heterocycles. The number of benzene rings is 1. The number of ether oxygens (including phenoxy) is 1. The number of halogens is 1. The predicted molar refractivity (Wildman–Crippen MR) is 85.3 cm³/mol. The van der Waals surface area contributed by atoms with Crippen molar-refractivity contribution in [3.8, 4) is 0 Å². The summed E-state index contributed by atoms with van der Waals surface area (Å²) in [4.78, 5) is 0. The summed E-state index contributed by atoms with van der Waals surface area (Å²) in [7, 11) is 0. The minimum Gasteiger partial charge on any atom is -0.369 e. The first-order chi connectivity index (χ1) is 9.79. The van der Waals surface area contributed by atoms with Gasteiger partial charge in [-0.05, 0) is 43.5 Å². The first-order valence-corrected chi connectivity index (χ1v) is 8.29. The third-order valence-corrected chi connectivity index (χ3v) is 4.16. The van der Waals surface area contributed by atoms with Crippen molar-refractivity contribution >= 4 is 11.6 Å². The fraction of sp³-hybridized carbons (Fsp3) is 0.647. The molecular weight excluding hydrogens is 270 g/mol. The van der Waals surface area contributed by atoms with Gasteiger partial charge in [-0.3, -0.25) is 0 Å². The molecule has 0 heterocycles. The Kier molecular flexibility index (Phi) is 6.85. The van der Waals surface area contributed by atoms with Gasteiger partial charge in [-0.1, -0.05) is 49.9 Å². The molecular formula is C17H26ClNO. The van der Waals surface area contributed by atoms with Crippen LogP contribution in [0.15, 0.2) is 24.3 Å². The van der Waals surface area contributed by atoms with E-state index in [1.807, 2.05) is 12.1 Å². The minimum absolute atomic E-state index is 0.141. The molecule has 1 saturated carbocycles. The van der Waals surface area contributed by atoms with Crippen LogP contribution in [0.5, 0.6) is 0 Å². The molecule has 2 rings (SSSR count). The molecule has 1 N–H and O–H groups in total. The van der Waals surface area contributed by atoms with Gasteiger partial charge in [0.05, 0.1) is 12.2 Å². The van der Waals surface area contributed by atoms with Crippen molar-refractivity contribution < 1.29 is 4.74 Å². The van der Waals surface area contributed by atoms with E-state index >= 15 is 0 Å². The molecule has 1 atom stereocenters. The Bertz CT molecular complexity index is 373. The monoisotopic (exact) mass is 295 g/mol. The molecule has 20 heavy (non-hydrogen) atoms. The van der Waals surface area contributed by atoms with Crippen molar-refractivity contribution in [1.82, 2.24) is 5.32 Å². The molecule has 1 fully saturated rings. The molecule has 0 aliphatic heterocycles. The van der Waals surface area contributed by atoms with Gasteiger partial charge in [-0.2, -0.15) is 0 Å². The SMILES string of the molecule is CCCNCC(OC1CCCCC1)c1ccc(Cl)cc1. The van der Waals surface area contributed by atoms with Crippen LogP contribution in [0.25, 0.3) is 0 Å². The molecule has 0 aromatic heterocycles. The molecule has 0 radical (unpaired) electrons. The number of hydrogen-bond acceptors (Lipinski definition) is 2. The van der Waals surface area contributed by atoms with E-state index in [4.69, 9.17) is 16.3 Å². The summed E-state index contributed by atoms with van der Waals surface area (Å²) in [5.74, 6) is 0. The highest BCUT2D eigenvalue weighted by Crippen LogP contribution is 2.27. The Hall–Kier alpha value is -0.570. The van der Waals surface area contributed by atoms with Crippen molar-refractivity contribution in [2.45, 2.75) is 57.7 Å². The minimum atomic E-state index is 0.141. The first kappa shape index (κ1) is 15.8. The van der Waals surface area contributed by atoms with Crippen LogP contribution >= 0.6 is 11.6 Å². The molecule has 1 aromatic carbocycles. The molecule has 3 heteroatoms. The van der Waals surface area contributed by atoms with Gasteiger partial charge in [-0.25, -0.2) is 0 Å². The summed E-state index contributed by atoms with van der Waals surface area (Å²) in [6.07, 6.45) is 8.10. The lowest BCUT2D eigenvalue weighted by atomic mass is 9.97. The van der Waals surface area contributed by atoms with Crippen LogP contribution in [0.2, 0.25) is 5.02 Å². The van der Waals surface area contributed by atoms with Crippen molar-refractivity contribution in [2.24, 2.45) is 0 Å². The maximum atomic E-state index is 6.36. The lowest BCUT2D eigenvalue weighted by Crippen LogP contribution is -2.28. The van der Waals surface area contributed by atoms with E-state index in [1.54, 1.807) is 0 Å². The van der Waals surface area contributed by atoms with Crippen LogP contribution in [0.3, 0.4) is 0 Å². The molecule has 2 nitrogen and oxygen atoms in total. The van der Waals surface area contributed by atoms with Crippen LogP contribution in [-0.2, 0) is 4.74 Å². The van der Waals surface area contributed by atoms with Crippen LogP contribution in [-0.4, -0.2) is 19.2 Å². The van der Waals surface area contributed by atoms with Crippen LogP contribution in [0, 0.1) is 0 Å². The average Bonchev–Trinajstić information content (AvgIpc) is 2.48. The van der Waals surface area contributed by atoms with Crippen molar-refractivity contribution in [3.63, 3.8) is 0 Å². The fourth-order valence-electron chi connectivity index (χ4n) is 2.77. The summed E-state index contributed by atoms with van der Waals surface area (Å²) < 4.78 is 6.36. The third-order valence-electron chi connectivity index (χ3n) is 3.91. The average molecular weight is 296 g/mol. The van der Waals surface area contributed by atoms with Gasteiger partial charge in [0.2, 0.25) is 0 Å². The molecule has 1 aromatic rings. The topological polar surface area (TPSA) is 21.3 Å². The van der Waals surface area contributed by atoms with E-state index in [1.165, 1.54) is 37.7 Å². The fourth-order valence-corrected chi connectivity index (χ4v) is 2.89. The van der Waals surface area contributed by atoms with Crippen molar-refractivity contribution in [3.05, 3.63) is 34.9 Å². The smallest absolute Gasteiger partial charge is 0.0952 e. The molecule has 1 aliphatic carbocycles. The zero-order valence-electron chi connectivity index (χ0n) is 12.4.